The normalized spacial score (nSPS) is 10.7. The number of carbonyl (C=O) groups is 2. The van der Waals surface area contributed by atoms with Crippen molar-refractivity contribution in [2.24, 2.45) is 0 Å². The van der Waals surface area contributed by atoms with Crippen molar-refractivity contribution in [3.8, 4) is 11.6 Å². The zero-order valence-electron chi connectivity index (χ0n) is 17.8. The molecule has 0 aliphatic rings. The maximum absolute atomic E-state index is 12.7. The Labute approximate surface area is 187 Å². The van der Waals surface area contributed by atoms with Crippen LogP contribution in [0.5, 0.6) is 11.6 Å². The highest BCUT2D eigenvalue weighted by Gasteiger charge is 2.24. The predicted molar refractivity (Wildman–Crippen MR) is 115 cm³/mol. The molecule has 4 heterocycles. The molecule has 0 unspecified atom stereocenters. The van der Waals surface area contributed by atoms with Crippen LogP contribution in [-0.2, 0) is 16.1 Å². The minimum atomic E-state index is -0.702. The lowest BCUT2D eigenvalue weighted by molar-refractivity contribution is 0.0457. The molecule has 0 radical (unpaired) electrons. The second kappa shape index (κ2) is 9.30. The van der Waals surface area contributed by atoms with E-state index in [4.69, 9.17) is 24.4 Å². The molecule has 33 heavy (non-hydrogen) atoms. The van der Waals surface area contributed by atoms with Crippen LogP contribution in [0.15, 0.2) is 47.3 Å². The highest BCUT2D eigenvalue weighted by atomic mass is 16.5. The van der Waals surface area contributed by atoms with E-state index in [1.54, 1.807) is 38.2 Å². The van der Waals surface area contributed by atoms with Crippen LogP contribution >= 0.6 is 0 Å². The Morgan fingerprint density at radius 3 is 2.67 bits per heavy atom. The van der Waals surface area contributed by atoms with E-state index in [0.717, 1.165) is 0 Å². The van der Waals surface area contributed by atoms with Crippen molar-refractivity contribution in [3.05, 3.63) is 65.6 Å². The number of nitrogens with zero attached hydrogens (tertiary/aromatic N) is 4. The smallest absolute Gasteiger partial charge is 0.344 e. The molecule has 0 saturated carbocycles. The van der Waals surface area contributed by atoms with Crippen LogP contribution in [0.25, 0.3) is 11.1 Å². The van der Waals surface area contributed by atoms with Crippen molar-refractivity contribution in [1.82, 2.24) is 19.9 Å². The summed E-state index contributed by atoms with van der Waals surface area (Å²) in [7, 11) is 0. The van der Waals surface area contributed by atoms with Gasteiger partial charge in [0.1, 0.15) is 28.5 Å². The second-order valence-corrected chi connectivity index (χ2v) is 6.68. The summed E-state index contributed by atoms with van der Waals surface area (Å²) >= 11 is 0. The highest BCUT2D eigenvalue weighted by Crippen LogP contribution is 2.29. The van der Waals surface area contributed by atoms with E-state index >= 15 is 0 Å². The minimum Gasteiger partial charge on any atom is -0.462 e. The van der Waals surface area contributed by atoms with Crippen LogP contribution in [0.2, 0.25) is 0 Å². The van der Waals surface area contributed by atoms with Gasteiger partial charge in [0.2, 0.25) is 11.6 Å². The van der Waals surface area contributed by atoms with Gasteiger partial charge >= 0.3 is 11.9 Å². The molecular weight excluding hydrogens is 430 g/mol. The third kappa shape index (κ3) is 4.56. The average molecular weight is 449 g/mol. The Bertz CT molecular complexity index is 1320. The van der Waals surface area contributed by atoms with Gasteiger partial charge in [-0.3, -0.25) is 4.98 Å². The molecule has 168 valence electrons. The largest absolute Gasteiger partial charge is 0.462 e. The fourth-order valence-corrected chi connectivity index (χ4v) is 3.05. The Morgan fingerprint density at radius 2 is 1.91 bits per heavy atom. The zero-order chi connectivity index (χ0) is 23.4. The molecule has 0 spiro atoms. The number of nitrogens with two attached hydrogens (primary N) is 1. The van der Waals surface area contributed by atoms with E-state index < -0.39 is 11.9 Å². The third-order valence-corrected chi connectivity index (χ3v) is 4.45. The molecule has 0 amide bonds. The summed E-state index contributed by atoms with van der Waals surface area (Å²) in [6, 6.07) is 6.47. The molecule has 0 bridgehead atoms. The number of nitrogen functional groups attached to an aromatic ring is 1. The van der Waals surface area contributed by atoms with Crippen LogP contribution in [0, 0.1) is 6.92 Å². The Morgan fingerprint density at radius 1 is 1.09 bits per heavy atom. The molecule has 4 aromatic rings. The number of pyridine rings is 2. The van der Waals surface area contributed by atoms with Gasteiger partial charge in [-0.25, -0.2) is 19.6 Å². The number of aryl methyl sites for hydroxylation is 1. The maximum atomic E-state index is 12.7. The van der Waals surface area contributed by atoms with Crippen molar-refractivity contribution >= 4 is 28.9 Å². The number of hydrogen-bond donors (Lipinski definition) is 1. The molecule has 2 N–H and O–H groups in total. The number of anilines is 1. The predicted octanol–water partition coefficient (Wildman–Crippen LogP) is 3.23. The van der Waals surface area contributed by atoms with E-state index in [1.165, 1.54) is 18.5 Å². The number of rotatable bonds is 7. The summed E-state index contributed by atoms with van der Waals surface area (Å²) in [5.74, 6) is -0.409. The van der Waals surface area contributed by atoms with Gasteiger partial charge in [0.15, 0.2) is 12.4 Å². The van der Waals surface area contributed by atoms with Crippen LogP contribution in [0.4, 0.5) is 5.82 Å². The molecule has 0 aliphatic heterocycles. The first-order chi connectivity index (χ1) is 16.0. The SMILES string of the molecule is CCOC(=O)c1c(C)oc2nc(COC(=O)c3cccnc3Oc3cccnc3)nc(N)c12. The van der Waals surface area contributed by atoms with Crippen molar-refractivity contribution in [2.75, 3.05) is 12.3 Å². The second-order valence-electron chi connectivity index (χ2n) is 6.68. The van der Waals surface area contributed by atoms with Gasteiger partial charge in [-0.2, -0.15) is 4.98 Å². The van der Waals surface area contributed by atoms with Crippen LogP contribution in [-0.4, -0.2) is 38.5 Å². The highest BCUT2D eigenvalue weighted by molar-refractivity contribution is 6.07. The first-order valence-electron chi connectivity index (χ1n) is 9.90. The van der Waals surface area contributed by atoms with Crippen LogP contribution < -0.4 is 10.5 Å². The number of furan rings is 1. The fraction of sp³-hybridized carbons (Fsp3) is 0.182. The molecule has 4 rings (SSSR count). The standard InChI is InChI=1S/C22H19N5O6/c1-3-30-22(29)16-12(2)32-20-17(16)18(23)26-15(27-20)11-31-21(28)14-7-5-9-25-19(14)33-13-6-4-8-24-10-13/h4-10H,3,11H2,1-2H3,(H2,23,26,27). The number of esters is 2. The number of carbonyl (C=O) groups excluding carboxylic acids is 2. The van der Waals surface area contributed by atoms with Gasteiger partial charge in [0.05, 0.1) is 18.2 Å². The summed E-state index contributed by atoms with van der Waals surface area (Å²) in [5, 5.41) is 0.250. The first-order valence-corrected chi connectivity index (χ1v) is 9.90. The average Bonchev–Trinajstić information content (AvgIpc) is 3.15. The van der Waals surface area contributed by atoms with E-state index in [1.807, 2.05) is 0 Å². The van der Waals surface area contributed by atoms with Gasteiger partial charge in [0.25, 0.3) is 0 Å². The van der Waals surface area contributed by atoms with Gasteiger partial charge in [-0.05, 0) is 38.1 Å². The molecule has 0 aliphatic carbocycles. The van der Waals surface area contributed by atoms with Crippen molar-refractivity contribution in [2.45, 2.75) is 20.5 Å². The summed E-state index contributed by atoms with van der Waals surface area (Å²) < 4.78 is 21.6. The Balaban J connectivity index is 1.54. The van der Waals surface area contributed by atoms with Gasteiger partial charge < -0.3 is 24.4 Å². The number of hydrogen-bond acceptors (Lipinski definition) is 11. The quantitative estimate of drug-likeness (QED) is 0.414. The lowest BCUT2D eigenvalue weighted by Crippen LogP contribution is -2.11. The van der Waals surface area contributed by atoms with E-state index in [9.17, 15) is 9.59 Å². The maximum Gasteiger partial charge on any atom is 0.344 e. The third-order valence-electron chi connectivity index (χ3n) is 4.45. The van der Waals surface area contributed by atoms with Crippen molar-refractivity contribution in [1.29, 1.82) is 0 Å². The zero-order valence-corrected chi connectivity index (χ0v) is 17.8. The van der Waals surface area contributed by atoms with Crippen LogP contribution in [0.3, 0.4) is 0 Å². The molecule has 11 nitrogen and oxygen atoms in total. The van der Waals surface area contributed by atoms with Crippen molar-refractivity contribution < 1.29 is 28.2 Å². The molecule has 0 atom stereocenters. The monoisotopic (exact) mass is 449 g/mol. The van der Waals surface area contributed by atoms with Gasteiger partial charge in [0, 0.05) is 12.4 Å². The summed E-state index contributed by atoms with van der Waals surface area (Å²) in [6.07, 6.45) is 4.57. The fourth-order valence-electron chi connectivity index (χ4n) is 3.05. The lowest BCUT2D eigenvalue weighted by Gasteiger charge is -2.09. The molecular formula is C22H19N5O6. The summed E-state index contributed by atoms with van der Waals surface area (Å²) in [6.45, 7) is 3.19. The van der Waals surface area contributed by atoms with Crippen molar-refractivity contribution in [3.63, 3.8) is 0 Å². The summed E-state index contributed by atoms with van der Waals surface area (Å²) in [4.78, 5) is 41.3. The van der Waals surface area contributed by atoms with E-state index in [0.29, 0.717) is 11.5 Å². The molecule has 0 fully saturated rings. The molecule has 0 saturated heterocycles. The topological polar surface area (TPSA) is 153 Å². The van der Waals surface area contributed by atoms with Gasteiger partial charge in [-0.1, -0.05) is 0 Å². The Kier molecular flexibility index (Phi) is 6.11. The van der Waals surface area contributed by atoms with Gasteiger partial charge in [-0.15, -0.1) is 0 Å². The number of fused-ring (bicyclic) bond motifs is 1. The number of ether oxygens (including phenoxy) is 3. The first kappa shape index (κ1) is 21.7. The Hall–Kier alpha value is -4.54. The minimum absolute atomic E-state index is 0.00734. The van der Waals surface area contributed by atoms with Crippen LogP contribution in [0.1, 0.15) is 39.2 Å². The summed E-state index contributed by atoms with van der Waals surface area (Å²) in [5.41, 5.74) is 6.40. The molecule has 4 aromatic heterocycles. The number of aromatic nitrogens is 4. The van der Waals surface area contributed by atoms with E-state index in [-0.39, 0.29) is 53.0 Å². The van der Waals surface area contributed by atoms with E-state index in [2.05, 4.69) is 19.9 Å². The molecule has 11 heteroatoms. The molecule has 0 aromatic carbocycles. The lowest BCUT2D eigenvalue weighted by atomic mass is 10.2.